The Morgan fingerprint density at radius 1 is 0.641 bits per heavy atom. The van der Waals surface area contributed by atoms with Gasteiger partial charge in [0.2, 0.25) is 0 Å². The lowest BCUT2D eigenvalue weighted by Gasteiger charge is -2.18. The number of unbranched alkanes of at least 4 members (excludes halogenated alkanes) is 11. The number of aliphatic hydroxyl groups excluding tert-OH is 3. The van der Waals surface area contributed by atoms with Crippen molar-refractivity contribution in [2.45, 2.75) is 121 Å². The lowest BCUT2D eigenvalue weighted by atomic mass is 9.96. The van der Waals surface area contributed by atoms with Crippen molar-refractivity contribution in [3.8, 4) is 0 Å². The normalized spacial score (nSPS) is 10.9. The van der Waals surface area contributed by atoms with E-state index in [1.54, 1.807) is 0 Å². The molecular weight excluding hydrogens is 516 g/mol. The first-order chi connectivity index (χ1) is 18.4. The van der Waals surface area contributed by atoms with Gasteiger partial charge in [0.15, 0.2) is 5.60 Å². The lowest BCUT2D eigenvalue weighted by Crippen LogP contribution is -2.42. The molecule has 0 amide bonds. The molecule has 8 N–H and O–H groups in total. The summed E-state index contributed by atoms with van der Waals surface area (Å²) in [5.74, 6) is -5.68. The van der Waals surface area contributed by atoms with Crippen molar-refractivity contribution in [3.63, 3.8) is 0 Å². The summed E-state index contributed by atoms with van der Waals surface area (Å²) in [7, 11) is 0. The van der Waals surface area contributed by atoms with Gasteiger partial charge in [-0.3, -0.25) is 14.4 Å². The second-order valence-electron chi connectivity index (χ2n) is 9.22. The van der Waals surface area contributed by atoms with Crippen molar-refractivity contribution in [1.29, 1.82) is 0 Å². The lowest BCUT2D eigenvalue weighted by molar-refractivity contribution is -0.170. The number of aliphatic hydroxyl groups is 4. The van der Waals surface area contributed by atoms with Crippen LogP contribution in [-0.4, -0.2) is 89.6 Å². The second kappa shape index (κ2) is 28.5. The third kappa shape index (κ3) is 33.4. The van der Waals surface area contributed by atoms with Gasteiger partial charge in [0.05, 0.1) is 26.1 Å². The maximum Gasteiger partial charge on any atom is 0.336 e. The molecule has 39 heavy (non-hydrogen) atoms. The molecule has 0 heterocycles. The molecule has 0 radical (unpaired) electrons. The quantitative estimate of drug-likeness (QED) is 0.0697. The van der Waals surface area contributed by atoms with E-state index >= 15 is 0 Å². The summed E-state index contributed by atoms with van der Waals surface area (Å²) in [6, 6.07) is 0. The van der Waals surface area contributed by atoms with Crippen LogP contribution < -0.4 is 0 Å². The van der Waals surface area contributed by atoms with Crippen molar-refractivity contribution in [3.05, 3.63) is 12.2 Å². The fraction of sp³-hybridized carbons (Fsp3) is 0.778. The molecule has 230 valence electrons. The molecule has 0 aromatic heterocycles. The Bertz CT molecular complexity index is 643. The molecule has 0 aromatic rings. The van der Waals surface area contributed by atoms with Gasteiger partial charge in [-0.25, -0.2) is 4.79 Å². The van der Waals surface area contributed by atoms with Gasteiger partial charge in [0, 0.05) is 6.42 Å². The zero-order valence-electron chi connectivity index (χ0n) is 23.2. The van der Waals surface area contributed by atoms with Crippen molar-refractivity contribution in [1.82, 2.24) is 0 Å². The van der Waals surface area contributed by atoms with Crippen LogP contribution in [0.1, 0.15) is 110 Å². The van der Waals surface area contributed by atoms with Gasteiger partial charge < -0.3 is 40.9 Å². The monoisotopic (exact) mass is 566 g/mol. The summed E-state index contributed by atoms with van der Waals surface area (Å²) < 4.78 is 0. The summed E-state index contributed by atoms with van der Waals surface area (Å²) in [6.45, 7) is 1.53. The minimum Gasteiger partial charge on any atom is -0.481 e. The molecule has 0 aromatic carbocycles. The minimum atomic E-state index is -2.74. The summed E-state index contributed by atoms with van der Waals surface area (Å²) in [5, 5.41) is 66.3. The van der Waals surface area contributed by atoms with Crippen LogP contribution in [0.15, 0.2) is 12.2 Å². The standard InChI is InChI=1S/C18H34O2.C6H8O7.C3H8O3/c1-2-3-4-5-6-7-8-9-10-11-12-13-14-15-16-17-18(19)20;7-3(8)1-6(13,5(11)12)2-4(9)10;4-1-3(6)2-5/h9-10H,2-8,11-17H2,1H3,(H,19,20);13H,1-2H2,(H,7,8)(H,9,10)(H,11,12);3-6H,1-2H2. The first-order valence-corrected chi connectivity index (χ1v) is 13.5. The fourth-order valence-corrected chi connectivity index (χ4v) is 3.12. The Morgan fingerprint density at radius 3 is 1.33 bits per heavy atom. The molecule has 0 aliphatic carbocycles. The summed E-state index contributed by atoms with van der Waals surface area (Å²) >= 11 is 0. The number of allylic oxidation sites excluding steroid dienone is 2. The van der Waals surface area contributed by atoms with E-state index in [1.807, 2.05) is 0 Å². The Balaban J connectivity index is -0.000000581. The molecule has 0 aliphatic rings. The zero-order chi connectivity index (χ0) is 30.5. The molecule has 12 heteroatoms. The molecule has 0 spiro atoms. The predicted molar refractivity (Wildman–Crippen MR) is 144 cm³/mol. The predicted octanol–water partition coefficient (Wildman–Crippen LogP) is 3.19. The van der Waals surface area contributed by atoms with E-state index in [-0.39, 0.29) is 13.2 Å². The Hall–Kier alpha value is -2.54. The van der Waals surface area contributed by atoms with Crippen LogP contribution in [0, 0.1) is 0 Å². The van der Waals surface area contributed by atoms with Crippen LogP contribution in [0.2, 0.25) is 0 Å². The smallest absolute Gasteiger partial charge is 0.336 e. The van der Waals surface area contributed by atoms with Crippen LogP contribution >= 0.6 is 0 Å². The van der Waals surface area contributed by atoms with E-state index in [2.05, 4.69) is 19.1 Å². The molecular formula is C27H50O12. The molecule has 0 unspecified atom stereocenters. The van der Waals surface area contributed by atoms with Gasteiger partial charge in [-0.05, 0) is 32.1 Å². The maximum atomic E-state index is 10.3. The van der Waals surface area contributed by atoms with Crippen molar-refractivity contribution in [2.75, 3.05) is 13.2 Å². The number of hydrogen-bond donors (Lipinski definition) is 8. The van der Waals surface area contributed by atoms with Gasteiger partial charge in [0.1, 0.15) is 6.10 Å². The van der Waals surface area contributed by atoms with Crippen LogP contribution in [0.4, 0.5) is 0 Å². The topological polar surface area (TPSA) is 230 Å². The Labute approximate surface area is 231 Å². The molecule has 0 atom stereocenters. The number of hydrogen-bond acceptors (Lipinski definition) is 8. The van der Waals surface area contributed by atoms with E-state index in [0.717, 1.165) is 12.8 Å². The molecule has 0 rings (SSSR count). The largest absolute Gasteiger partial charge is 0.481 e. The van der Waals surface area contributed by atoms with Crippen LogP contribution in [-0.2, 0) is 19.2 Å². The zero-order valence-corrected chi connectivity index (χ0v) is 23.2. The van der Waals surface area contributed by atoms with E-state index in [1.165, 1.54) is 70.6 Å². The third-order valence-electron chi connectivity index (χ3n) is 5.36. The second-order valence-corrected chi connectivity index (χ2v) is 9.22. The molecule has 0 bridgehead atoms. The number of carboxylic acid groups (broad SMARTS) is 4. The van der Waals surface area contributed by atoms with Crippen LogP contribution in [0.25, 0.3) is 0 Å². The molecule has 0 saturated heterocycles. The summed E-state index contributed by atoms with van der Waals surface area (Å²) in [6.07, 6.45) is 18.0. The minimum absolute atomic E-state index is 0.332. The fourth-order valence-electron chi connectivity index (χ4n) is 3.12. The maximum absolute atomic E-state index is 10.3. The van der Waals surface area contributed by atoms with E-state index in [4.69, 9.17) is 40.9 Å². The highest BCUT2D eigenvalue weighted by Gasteiger charge is 2.40. The molecule has 0 saturated carbocycles. The summed E-state index contributed by atoms with van der Waals surface area (Å²) in [4.78, 5) is 40.8. The first kappa shape index (κ1) is 40.9. The third-order valence-corrected chi connectivity index (χ3v) is 5.36. The summed E-state index contributed by atoms with van der Waals surface area (Å²) in [5.41, 5.74) is -2.74. The number of carboxylic acids is 4. The number of aliphatic carboxylic acids is 4. The molecule has 0 aliphatic heterocycles. The van der Waals surface area contributed by atoms with Crippen molar-refractivity contribution < 1.29 is 60.0 Å². The number of rotatable bonds is 22. The van der Waals surface area contributed by atoms with Gasteiger partial charge in [-0.15, -0.1) is 0 Å². The first-order valence-electron chi connectivity index (χ1n) is 13.5. The molecule has 0 fully saturated rings. The van der Waals surface area contributed by atoms with Gasteiger partial charge >= 0.3 is 23.9 Å². The highest BCUT2D eigenvalue weighted by atomic mass is 16.4. The highest BCUT2D eigenvalue weighted by molar-refractivity contribution is 5.88. The average molecular weight is 567 g/mol. The van der Waals surface area contributed by atoms with Gasteiger partial charge in [0.25, 0.3) is 0 Å². The van der Waals surface area contributed by atoms with Crippen molar-refractivity contribution in [2.24, 2.45) is 0 Å². The van der Waals surface area contributed by atoms with E-state index < -0.39 is 48.4 Å². The average Bonchev–Trinajstić information content (AvgIpc) is 2.85. The van der Waals surface area contributed by atoms with E-state index in [9.17, 15) is 19.2 Å². The van der Waals surface area contributed by atoms with Gasteiger partial charge in [-0.1, -0.05) is 70.4 Å². The van der Waals surface area contributed by atoms with Crippen LogP contribution in [0.3, 0.4) is 0 Å². The SMILES string of the molecule is CCCCCCCCC=CCCCCCCCC(=O)O.O=C(O)CC(O)(CC(=O)O)C(=O)O.OCC(O)CO. The number of carbonyl (C=O) groups is 4. The Kier molecular flexibility index (Phi) is 29.9. The van der Waals surface area contributed by atoms with Crippen LogP contribution in [0.5, 0.6) is 0 Å². The van der Waals surface area contributed by atoms with E-state index in [0.29, 0.717) is 6.42 Å². The Morgan fingerprint density at radius 2 is 1.03 bits per heavy atom. The van der Waals surface area contributed by atoms with Crippen molar-refractivity contribution >= 4 is 23.9 Å². The highest BCUT2D eigenvalue weighted by Crippen LogP contribution is 2.15. The van der Waals surface area contributed by atoms with Gasteiger partial charge in [-0.2, -0.15) is 0 Å². The molecule has 12 nitrogen and oxygen atoms in total.